The smallest absolute Gasteiger partial charge is 0.347 e. The van der Waals surface area contributed by atoms with Crippen LogP contribution in [0.25, 0.3) is 0 Å². The molecule has 27 heavy (non-hydrogen) atoms. The van der Waals surface area contributed by atoms with Crippen LogP contribution in [-0.4, -0.2) is 36.1 Å². The van der Waals surface area contributed by atoms with Gasteiger partial charge in [0, 0.05) is 0 Å². The van der Waals surface area contributed by atoms with Crippen LogP contribution >= 0.6 is 7.60 Å². The molecule has 1 aromatic rings. The first kappa shape index (κ1) is 23.7. The molecule has 1 N–H and O–H groups in total. The van der Waals surface area contributed by atoms with E-state index in [9.17, 15) is 14.5 Å². The molecule has 1 atom stereocenters. The molecule has 1 unspecified atom stereocenters. The zero-order valence-corrected chi connectivity index (χ0v) is 18.2. The number of ether oxygens (including phenoxy) is 1. The molecule has 0 aliphatic heterocycles. The summed E-state index contributed by atoms with van der Waals surface area (Å²) in [4.78, 5) is 12.8. The van der Waals surface area contributed by atoms with Crippen LogP contribution in [0.3, 0.4) is 0 Å². The Kier molecular flexibility index (Phi) is 8.52. The zero-order chi connectivity index (χ0) is 20.7. The number of carbonyl (C=O) groups excluding carboxylic acids is 1. The Morgan fingerprint density at radius 2 is 1.48 bits per heavy atom. The number of phenolic OH excluding ortho intramolecular Hbond substituents is 1. The van der Waals surface area contributed by atoms with Crippen molar-refractivity contribution in [1.29, 1.82) is 0 Å². The molecule has 0 saturated heterocycles. The summed E-state index contributed by atoms with van der Waals surface area (Å²) >= 11 is 0. The number of hydrogen-bond acceptors (Lipinski definition) is 6. The van der Waals surface area contributed by atoms with Crippen LogP contribution in [-0.2, 0) is 28.6 Å². The molecule has 0 bridgehead atoms. The summed E-state index contributed by atoms with van der Waals surface area (Å²) in [7, 11) is -3.73. The fraction of sp³-hybridized carbons (Fsp3) is 0.650. The van der Waals surface area contributed by atoms with E-state index >= 15 is 0 Å². The van der Waals surface area contributed by atoms with Crippen molar-refractivity contribution in [3.63, 3.8) is 0 Å². The van der Waals surface area contributed by atoms with Crippen molar-refractivity contribution in [1.82, 2.24) is 0 Å². The van der Waals surface area contributed by atoms with Crippen molar-refractivity contribution >= 4 is 13.6 Å². The minimum atomic E-state index is -3.73. The largest absolute Gasteiger partial charge is 0.508 e. The van der Waals surface area contributed by atoms with E-state index in [1.165, 1.54) is 0 Å². The molecular weight excluding hydrogens is 367 g/mol. The van der Waals surface area contributed by atoms with E-state index in [4.69, 9.17) is 13.8 Å². The van der Waals surface area contributed by atoms with Crippen LogP contribution in [0.1, 0.15) is 59.9 Å². The average molecular weight is 400 g/mol. The second-order valence-corrected chi connectivity index (χ2v) is 9.76. The second kappa shape index (κ2) is 9.72. The van der Waals surface area contributed by atoms with Gasteiger partial charge in [-0.2, -0.15) is 0 Å². The van der Waals surface area contributed by atoms with Crippen molar-refractivity contribution in [2.24, 2.45) is 0 Å². The van der Waals surface area contributed by atoms with E-state index in [1.807, 2.05) is 26.0 Å². The van der Waals surface area contributed by atoms with Gasteiger partial charge in [-0.25, -0.2) is 0 Å². The summed E-state index contributed by atoms with van der Waals surface area (Å²) in [6.07, 6.45) is 0.828. The molecule has 0 saturated carbocycles. The van der Waals surface area contributed by atoms with Gasteiger partial charge < -0.3 is 18.9 Å². The van der Waals surface area contributed by atoms with E-state index in [0.29, 0.717) is 6.42 Å². The van der Waals surface area contributed by atoms with Gasteiger partial charge in [0.2, 0.25) is 0 Å². The van der Waals surface area contributed by atoms with E-state index in [0.717, 1.165) is 5.56 Å². The van der Waals surface area contributed by atoms with E-state index in [1.54, 1.807) is 39.8 Å². The minimum absolute atomic E-state index is 0.174. The van der Waals surface area contributed by atoms with Crippen LogP contribution in [0.2, 0.25) is 0 Å². The number of rotatable bonds is 11. The monoisotopic (exact) mass is 400 g/mol. The number of carbonyl (C=O) groups is 1. The summed E-state index contributed by atoms with van der Waals surface area (Å²) in [6.45, 7) is 11.4. The molecule has 7 heteroatoms. The summed E-state index contributed by atoms with van der Waals surface area (Å²) in [6, 6.07) is 6.96. The SMILES string of the molecule is CCOC(=O)C(C)(CCC(C)(C)c1ccc(O)cc1)P(=O)(OCC)OCC. The van der Waals surface area contributed by atoms with Crippen LogP contribution < -0.4 is 0 Å². The predicted octanol–water partition coefficient (Wildman–Crippen LogP) is 5.04. The van der Waals surface area contributed by atoms with Crippen molar-refractivity contribution in [2.45, 2.75) is 65.0 Å². The summed E-state index contributed by atoms with van der Waals surface area (Å²) in [5.74, 6) is -0.375. The number of hydrogen-bond donors (Lipinski definition) is 1. The Morgan fingerprint density at radius 1 is 0.963 bits per heavy atom. The normalized spacial score (nSPS) is 14.6. The summed E-state index contributed by atoms with van der Waals surface area (Å²) in [5, 5.41) is 8.11. The van der Waals surface area contributed by atoms with Gasteiger partial charge in [-0.15, -0.1) is 0 Å². The fourth-order valence-electron chi connectivity index (χ4n) is 2.91. The van der Waals surface area contributed by atoms with Gasteiger partial charge in [0.25, 0.3) is 0 Å². The van der Waals surface area contributed by atoms with Gasteiger partial charge in [-0.05, 0) is 63.6 Å². The first-order chi connectivity index (χ1) is 12.6. The molecule has 0 aliphatic rings. The molecule has 0 spiro atoms. The van der Waals surface area contributed by atoms with Crippen molar-refractivity contribution < 1.29 is 28.3 Å². The van der Waals surface area contributed by atoms with E-state index in [-0.39, 0.29) is 37.4 Å². The van der Waals surface area contributed by atoms with Crippen LogP contribution in [0.5, 0.6) is 5.75 Å². The van der Waals surface area contributed by atoms with Gasteiger partial charge in [0.05, 0.1) is 19.8 Å². The van der Waals surface area contributed by atoms with Crippen LogP contribution in [0.15, 0.2) is 24.3 Å². The molecule has 0 amide bonds. The first-order valence-corrected chi connectivity index (χ1v) is 11.0. The standard InChI is InChI=1S/C20H33O6P/c1-7-24-18(22)20(6,27(23,25-8-2)26-9-3)15-14-19(4,5)16-10-12-17(21)13-11-16/h10-13,21H,7-9,14-15H2,1-6H3. The maximum atomic E-state index is 13.5. The Hall–Kier alpha value is -1.36. The average Bonchev–Trinajstić information content (AvgIpc) is 2.60. The first-order valence-electron chi connectivity index (χ1n) is 9.42. The Morgan fingerprint density at radius 3 is 1.93 bits per heavy atom. The third kappa shape index (κ3) is 5.56. The minimum Gasteiger partial charge on any atom is -0.508 e. The quantitative estimate of drug-likeness (QED) is 0.414. The highest BCUT2D eigenvalue weighted by atomic mass is 31.2. The number of aromatic hydroxyl groups is 1. The highest BCUT2D eigenvalue weighted by molar-refractivity contribution is 7.56. The molecule has 6 nitrogen and oxygen atoms in total. The second-order valence-electron chi connectivity index (χ2n) is 7.26. The van der Waals surface area contributed by atoms with Crippen LogP contribution in [0.4, 0.5) is 0 Å². The molecule has 0 radical (unpaired) electrons. The van der Waals surface area contributed by atoms with Gasteiger partial charge in [-0.1, -0.05) is 26.0 Å². The van der Waals surface area contributed by atoms with Gasteiger partial charge >= 0.3 is 13.6 Å². The van der Waals surface area contributed by atoms with Gasteiger partial charge in [-0.3, -0.25) is 9.36 Å². The highest BCUT2D eigenvalue weighted by Gasteiger charge is 2.54. The Labute approximate surface area is 162 Å². The van der Waals surface area contributed by atoms with Crippen LogP contribution in [0, 0.1) is 0 Å². The molecule has 1 rings (SSSR count). The molecule has 154 valence electrons. The lowest BCUT2D eigenvalue weighted by Gasteiger charge is -2.36. The lowest BCUT2D eigenvalue weighted by molar-refractivity contribution is -0.146. The van der Waals surface area contributed by atoms with Crippen molar-refractivity contribution in [3.8, 4) is 5.75 Å². The summed E-state index contributed by atoms with van der Waals surface area (Å²) < 4.78 is 29.7. The maximum absolute atomic E-state index is 13.5. The molecule has 0 heterocycles. The van der Waals surface area contributed by atoms with E-state index in [2.05, 4.69) is 0 Å². The Balaban J connectivity index is 3.18. The van der Waals surface area contributed by atoms with Gasteiger partial charge in [0.1, 0.15) is 5.75 Å². The zero-order valence-electron chi connectivity index (χ0n) is 17.3. The third-order valence-electron chi connectivity index (χ3n) is 4.80. The molecular formula is C20H33O6P. The number of phenols is 1. The number of esters is 1. The van der Waals surface area contributed by atoms with Gasteiger partial charge in [0.15, 0.2) is 5.16 Å². The fourth-order valence-corrected chi connectivity index (χ4v) is 4.91. The van der Waals surface area contributed by atoms with Crippen molar-refractivity contribution in [3.05, 3.63) is 29.8 Å². The lowest BCUT2D eigenvalue weighted by atomic mass is 9.78. The Bertz CT molecular complexity index is 645. The van der Waals surface area contributed by atoms with Crippen molar-refractivity contribution in [2.75, 3.05) is 19.8 Å². The molecule has 0 fully saturated rings. The highest BCUT2D eigenvalue weighted by Crippen LogP contribution is 2.62. The molecule has 0 aliphatic carbocycles. The molecule has 1 aromatic carbocycles. The lowest BCUT2D eigenvalue weighted by Crippen LogP contribution is -2.40. The maximum Gasteiger partial charge on any atom is 0.347 e. The topological polar surface area (TPSA) is 82.1 Å². The predicted molar refractivity (Wildman–Crippen MR) is 106 cm³/mol. The molecule has 0 aromatic heterocycles. The van der Waals surface area contributed by atoms with E-state index < -0.39 is 18.7 Å². The third-order valence-corrected chi connectivity index (χ3v) is 7.61. The summed E-state index contributed by atoms with van der Waals surface area (Å²) in [5.41, 5.74) is 0.694. The number of benzene rings is 1.